The standard InChI is InChI=1S/C78H141NO10/c1-4-7-10-13-16-19-22-25-27-29-31-33-34-35-36-37-38-39-41-43-45-48-51-54-57-60-63-66-73(83)89-76-75(85)74(84)72(67-80)88-78(76)87-68-69(70(81)64-61-58-55-52-49-46-24-21-18-15-12-9-6-3)79-77(86)71(82)65-62-59-56-53-50-47-44-42-40-32-30-28-26-23-20-17-14-11-8-5-2/h8,11,17,20,26,28,32,40,44,47,61,64,69-72,74-76,78,80-82,84-85H,4-7,9-10,12-16,18-19,21-25,27,29-31,33-39,41-43,45-46,48-60,62-63,65-68H2,1-3H3,(H,79,86)/b11-8-,20-17-,28-26-,40-32-,47-44-,64-61+. The van der Waals surface area contributed by atoms with Gasteiger partial charge in [-0.25, -0.2) is 0 Å². The number of aliphatic hydroxyl groups excluding tert-OH is 5. The first-order valence-corrected chi connectivity index (χ1v) is 37.7. The molecule has 8 unspecified atom stereocenters. The third-order valence-corrected chi connectivity index (χ3v) is 17.6. The minimum Gasteiger partial charge on any atom is -0.454 e. The summed E-state index contributed by atoms with van der Waals surface area (Å²) in [4.78, 5) is 26.7. The number of aliphatic hydroxyl groups is 5. The first-order valence-electron chi connectivity index (χ1n) is 37.7. The molecule has 1 rings (SSSR count). The highest BCUT2D eigenvalue weighted by Crippen LogP contribution is 2.26. The summed E-state index contributed by atoms with van der Waals surface area (Å²) < 4.78 is 17.7. The zero-order valence-electron chi connectivity index (χ0n) is 57.8. The van der Waals surface area contributed by atoms with E-state index in [1.165, 1.54) is 205 Å². The molecule has 0 saturated carbocycles. The van der Waals surface area contributed by atoms with Gasteiger partial charge in [0.1, 0.15) is 24.4 Å². The third-order valence-electron chi connectivity index (χ3n) is 17.6. The summed E-state index contributed by atoms with van der Waals surface area (Å²) in [5.74, 6) is -1.20. The average Bonchev–Trinajstić information content (AvgIpc) is 3.14. The summed E-state index contributed by atoms with van der Waals surface area (Å²) in [5, 5.41) is 57.3. The number of carbonyl (C=O) groups is 2. The largest absolute Gasteiger partial charge is 0.454 e. The van der Waals surface area contributed by atoms with Crippen LogP contribution in [0.5, 0.6) is 0 Å². The molecule has 0 aliphatic carbocycles. The van der Waals surface area contributed by atoms with E-state index < -0.39 is 67.4 Å². The molecule has 1 amide bonds. The van der Waals surface area contributed by atoms with Crippen LogP contribution < -0.4 is 5.32 Å². The van der Waals surface area contributed by atoms with Crippen molar-refractivity contribution in [3.63, 3.8) is 0 Å². The van der Waals surface area contributed by atoms with Gasteiger partial charge in [-0.3, -0.25) is 9.59 Å². The van der Waals surface area contributed by atoms with E-state index in [2.05, 4.69) is 86.8 Å². The van der Waals surface area contributed by atoms with Crippen LogP contribution in [0.1, 0.15) is 348 Å². The van der Waals surface area contributed by atoms with Crippen LogP contribution in [0.4, 0.5) is 0 Å². The summed E-state index contributed by atoms with van der Waals surface area (Å²) in [6.45, 7) is 5.72. The smallest absolute Gasteiger partial charge is 0.306 e. The normalized spacial score (nSPS) is 18.5. The Morgan fingerprint density at radius 1 is 0.449 bits per heavy atom. The molecule has 518 valence electrons. The van der Waals surface area contributed by atoms with Crippen molar-refractivity contribution in [3.8, 4) is 0 Å². The molecular formula is C78H141NO10. The molecule has 8 atom stereocenters. The van der Waals surface area contributed by atoms with Gasteiger partial charge in [0.25, 0.3) is 0 Å². The molecule has 1 fully saturated rings. The minimum absolute atomic E-state index is 0.123. The van der Waals surface area contributed by atoms with Crippen molar-refractivity contribution >= 4 is 11.9 Å². The molecule has 1 heterocycles. The fourth-order valence-corrected chi connectivity index (χ4v) is 11.7. The first-order chi connectivity index (χ1) is 43.7. The molecule has 1 saturated heterocycles. The predicted octanol–water partition coefficient (Wildman–Crippen LogP) is 19.9. The van der Waals surface area contributed by atoms with Gasteiger partial charge in [-0.15, -0.1) is 0 Å². The minimum atomic E-state index is -1.62. The van der Waals surface area contributed by atoms with Gasteiger partial charge in [0.2, 0.25) is 5.91 Å². The molecule has 89 heavy (non-hydrogen) atoms. The lowest BCUT2D eigenvalue weighted by molar-refractivity contribution is -0.305. The van der Waals surface area contributed by atoms with Crippen molar-refractivity contribution in [2.24, 2.45) is 0 Å². The summed E-state index contributed by atoms with van der Waals surface area (Å²) in [6.07, 6.45) is 75.3. The lowest BCUT2D eigenvalue weighted by Crippen LogP contribution is -2.61. The Morgan fingerprint density at radius 3 is 1.21 bits per heavy atom. The molecule has 0 aromatic carbocycles. The lowest BCUT2D eigenvalue weighted by Gasteiger charge is -2.41. The molecule has 1 aliphatic rings. The molecule has 0 spiro atoms. The number of carbonyl (C=O) groups excluding carboxylic acids is 2. The predicted molar refractivity (Wildman–Crippen MR) is 375 cm³/mol. The van der Waals surface area contributed by atoms with Crippen LogP contribution in [0, 0.1) is 0 Å². The topological polar surface area (TPSA) is 175 Å². The Bertz CT molecular complexity index is 1730. The highest BCUT2D eigenvalue weighted by atomic mass is 16.7. The quantitative estimate of drug-likeness (QED) is 0.0195. The van der Waals surface area contributed by atoms with Crippen molar-refractivity contribution in [3.05, 3.63) is 72.9 Å². The average molecular weight is 1250 g/mol. The number of esters is 1. The fourth-order valence-electron chi connectivity index (χ4n) is 11.7. The van der Waals surface area contributed by atoms with E-state index in [4.69, 9.17) is 14.2 Å². The van der Waals surface area contributed by atoms with E-state index in [9.17, 15) is 35.1 Å². The zero-order chi connectivity index (χ0) is 64.6. The second-order valence-electron chi connectivity index (χ2n) is 26.0. The van der Waals surface area contributed by atoms with E-state index in [1.807, 2.05) is 6.08 Å². The molecule has 6 N–H and O–H groups in total. The van der Waals surface area contributed by atoms with Gasteiger partial charge < -0.3 is 45.1 Å². The number of unbranched alkanes of at least 4 members (excludes halogenated alkanes) is 41. The van der Waals surface area contributed by atoms with Gasteiger partial charge in [-0.05, 0) is 70.6 Å². The fraction of sp³-hybridized carbons (Fsp3) is 0.821. The summed E-state index contributed by atoms with van der Waals surface area (Å²) in [7, 11) is 0. The first kappa shape index (κ1) is 84.1. The van der Waals surface area contributed by atoms with E-state index in [0.717, 1.165) is 96.3 Å². The van der Waals surface area contributed by atoms with Crippen LogP contribution in [0.15, 0.2) is 72.9 Å². The van der Waals surface area contributed by atoms with Gasteiger partial charge in [0.05, 0.1) is 25.4 Å². The SMILES string of the molecule is CC/C=C\C/C=C\C/C=C\C/C=C\C/C=C\CCCCCCC(O)C(=O)NC(COC1OC(CO)C(O)C(O)C1OC(=O)CCCCCCCCCCCCCCCCCCCCCCCCCCCCC)C(O)/C=C/CCCCCCCCCCCCC. The van der Waals surface area contributed by atoms with Gasteiger partial charge >= 0.3 is 5.97 Å². The summed E-state index contributed by atoms with van der Waals surface area (Å²) in [6, 6.07) is -1.04. The Labute approximate surface area is 547 Å². The van der Waals surface area contributed by atoms with Crippen LogP contribution in [0.3, 0.4) is 0 Å². The Morgan fingerprint density at radius 2 is 0.809 bits per heavy atom. The molecule has 11 heteroatoms. The van der Waals surface area contributed by atoms with Crippen LogP contribution in [-0.4, -0.2) is 99.6 Å². The maximum absolute atomic E-state index is 13.5. The van der Waals surface area contributed by atoms with Crippen molar-refractivity contribution in [1.82, 2.24) is 5.32 Å². The molecule has 0 aromatic heterocycles. The Kier molecular flexibility index (Phi) is 61.6. The highest BCUT2D eigenvalue weighted by molar-refractivity contribution is 5.80. The number of hydrogen-bond donors (Lipinski definition) is 6. The highest BCUT2D eigenvalue weighted by Gasteiger charge is 2.47. The van der Waals surface area contributed by atoms with Crippen LogP contribution in [0.25, 0.3) is 0 Å². The zero-order valence-corrected chi connectivity index (χ0v) is 57.8. The van der Waals surface area contributed by atoms with Crippen molar-refractivity contribution in [2.45, 2.75) is 397 Å². The van der Waals surface area contributed by atoms with E-state index in [-0.39, 0.29) is 19.4 Å². The molecular weight excluding hydrogens is 1110 g/mol. The molecule has 0 aromatic rings. The van der Waals surface area contributed by atoms with Crippen LogP contribution in [0.2, 0.25) is 0 Å². The van der Waals surface area contributed by atoms with E-state index in [0.29, 0.717) is 12.8 Å². The lowest BCUT2D eigenvalue weighted by atomic mass is 9.99. The van der Waals surface area contributed by atoms with E-state index >= 15 is 0 Å². The Hall–Kier alpha value is -2.90. The second kappa shape index (κ2) is 65.2. The van der Waals surface area contributed by atoms with Gasteiger partial charge in [0, 0.05) is 6.42 Å². The van der Waals surface area contributed by atoms with Gasteiger partial charge in [-0.2, -0.15) is 0 Å². The van der Waals surface area contributed by atoms with Gasteiger partial charge in [0.15, 0.2) is 12.4 Å². The van der Waals surface area contributed by atoms with Crippen molar-refractivity contribution in [1.29, 1.82) is 0 Å². The number of amides is 1. The number of hydrogen-bond acceptors (Lipinski definition) is 10. The number of rotatable bonds is 65. The Balaban J connectivity index is 2.54. The molecule has 0 radical (unpaired) electrons. The summed E-state index contributed by atoms with van der Waals surface area (Å²) >= 11 is 0. The molecule has 1 aliphatic heterocycles. The van der Waals surface area contributed by atoms with Gasteiger partial charge in [-0.1, -0.05) is 344 Å². The van der Waals surface area contributed by atoms with Crippen LogP contribution in [-0.2, 0) is 23.8 Å². The third kappa shape index (κ3) is 52.2. The number of ether oxygens (including phenoxy) is 3. The second-order valence-corrected chi connectivity index (χ2v) is 26.0. The maximum Gasteiger partial charge on any atom is 0.306 e. The van der Waals surface area contributed by atoms with Crippen molar-refractivity contribution in [2.75, 3.05) is 13.2 Å². The molecule has 11 nitrogen and oxygen atoms in total. The maximum atomic E-state index is 13.5. The summed E-state index contributed by atoms with van der Waals surface area (Å²) in [5.41, 5.74) is 0. The monoisotopic (exact) mass is 1250 g/mol. The van der Waals surface area contributed by atoms with E-state index in [1.54, 1.807) is 6.08 Å². The van der Waals surface area contributed by atoms with Crippen molar-refractivity contribution < 1.29 is 49.3 Å². The van der Waals surface area contributed by atoms with Crippen LogP contribution >= 0.6 is 0 Å². The number of allylic oxidation sites excluding steroid dienone is 11. The molecule has 0 bridgehead atoms. The number of nitrogens with one attached hydrogen (secondary N) is 1.